The van der Waals surface area contributed by atoms with Gasteiger partial charge in [-0.3, -0.25) is 0 Å². The summed E-state index contributed by atoms with van der Waals surface area (Å²) >= 11 is 1.71. The van der Waals surface area contributed by atoms with Gasteiger partial charge in [0.25, 0.3) is 0 Å². The summed E-state index contributed by atoms with van der Waals surface area (Å²) in [7, 11) is 0. The monoisotopic (exact) mass is 261 g/mol. The van der Waals surface area contributed by atoms with Crippen LogP contribution in [0.3, 0.4) is 0 Å². The van der Waals surface area contributed by atoms with Crippen molar-refractivity contribution in [2.75, 3.05) is 0 Å². The zero-order valence-electron chi connectivity index (χ0n) is 10.2. The number of benzene rings is 2. The molecule has 0 unspecified atom stereocenters. The van der Waals surface area contributed by atoms with Crippen molar-refractivity contribution in [1.29, 1.82) is 5.26 Å². The second-order valence-electron chi connectivity index (χ2n) is 4.22. The van der Waals surface area contributed by atoms with Crippen LogP contribution in [-0.2, 0) is 0 Å². The molecule has 0 saturated carbocycles. The first-order chi connectivity index (χ1) is 9.38. The maximum absolute atomic E-state index is 9.34. The molecule has 0 aliphatic carbocycles. The zero-order valence-corrected chi connectivity index (χ0v) is 11.0. The molecule has 3 aromatic rings. The minimum absolute atomic E-state index is 0.698. The number of nitriles is 1. The van der Waals surface area contributed by atoms with Gasteiger partial charge >= 0.3 is 0 Å². The van der Waals surface area contributed by atoms with Gasteiger partial charge in [0.1, 0.15) is 0 Å². The first-order valence-electron chi connectivity index (χ1n) is 6.02. The van der Waals surface area contributed by atoms with Gasteiger partial charge in [0.2, 0.25) is 0 Å². The van der Waals surface area contributed by atoms with Crippen LogP contribution in [0.25, 0.3) is 21.7 Å². The first-order valence-corrected chi connectivity index (χ1v) is 6.90. The second kappa shape index (κ2) is 5.09. The third-order valence-corrected chi connectivity index (χ3v) is 4.00. The molecule has 0 aliphatic heterocycles. The Labute approximate surface area is 116 Å². The Morgan fingerprint density at radius 2 is 1.74 bits per heavy atom. The van der Waals surface area contributed by atoms with Crippen LogP contribution in [0.15, 0.2) is 60.0 Å². The maximum atomic E-state index is 9.34. The van der Waals surface area contributed by atoms with Gasteiger partial charge in [-0.2, -0.15) is 5.26 Å². The smallest absolute Gasteiger partial charge is 0.0998 e. The number of allylic oxidation sites excluding steroid dienone is 1. The fourth-order valence-electron chi connectivity index (χ4n) is 2.06. The molecule has 2 aromatic carbocycles. The highest BCUT2D eigenvalue weighted by atomic mass is 32.1. The molecule has 2 heteroatoms. The van der Waals surface area contributed by atoms with Gasteiger partial charge in [-0.15, -0.1) is 11.3 Å². The lowest BCUT2D eigenvalue weighted by Gasteiger charge is -1.98. The number of hydrogen-bond donors (Lipinski definition) is 0. The van der Waals surface area contributed by atoms with E-state index in [1.165, 1.54) is 10.1 Å². The molecule has 0 bridgehead atoms. The number of hydrogen-bond acceptors (Lipinski definition) is 2. The Hall–Kier alpha value is -2.37. The predicted octanol–water partition coefficient (Wildman–Crippen LogP) is 4.97. The standard InChI is InChI=1S/C17H11NS/c18-11-14(13-6-2-1-3-7-13)10-15-12-19-17-9-5-4-8-16(15)17/h1-10,12H/b14-10+. The molecule has 0 aliphatic rings. The largest absolute Gasteiger partial charge is 0.192 e. The van der Waals surface area contributed by atoms with Gasteiger partial charge < -0.3 is 0 Å². The molecule has 0 atom stereocenters. The van der Waals surface area contributed by atoms with Gasteiger partial charge in [-0.25, -0.2) is 0 Å². The van der Waals surface area contributed by atoms with Crippen LogP contribution in [0.1, 0.15) is 11.1 Å². The van der Waals surface area contributed by atoms with E-state index in [2.05, 4.69) is 23.6 Å². The molecule has 19 heavy (non-hydrogen) atoms. The molecule has 90 valence electrons. The lowest BCUT2D eigenvalue weighted by molar-refractivity contribution is 1.52. The molecular weight excluding hydrogens is 250 g/mol. The van der Waals surface area contributed by atoms with Crippen molar-refractivity contribution < 1.29 is 0 Å². The fraction of sp³-hybridized carbons (Fsp3) is 0. The van der Waals surface area contributed by atoms with Crippen molar-refractivity contribution in [1.82, 2.24) is 0 Å². The van der Waals surface area contributed by atoms with E-state index in [-0.39, 0.29) is 0 Å². The fourth-order valence-corrected chi connectivity index (χ4v) is 2.98. The summed E-state index contributed by atoms with van der Waals surface area (Å²) in [4.78, 5) is 0. The maximum Gasteiger partial charge on any atom is 0.0998 e. The van der Waals surface area contributed by atoms with E-state index in [9.17, 15) is 5.26 Å². The number of fused-ring (bicyclic) bond motifs is 1. The van der Waals surface area contributed by atoms with Gasteiger partial charge in [-0.1, -0.05) is 48.5 Å². The lowest BCUT2D eigenvalue weighted by Crippen LogP contribution is -1.80. The van der Waals surface area contributed by atoms with E-state index in [1.807, 2.05) is 48.5 Å². The molecule has 3 rings (SSSR count). The Morgan fingerprint density at radius 1 is 1.00 bits per heavy atom. The normalized spacial score (nSPS) is 11.4. The molecule has 1 aromatic heterocycles. The Bertz CT molecular complexity index is 776. The van der Waals surface area contributed by atoms with Crippen molar-refractivity contribution in [2.45, 2.75) is 0 Å². The summed E-state index contributed by atoms with van der Waals surface area (Å²) < 4.78 is 1.25. The minimum atomic E-state index is 0.698. The lowest BCUT2D eigenvalue weighted by atomic mass is 10.0. The minimum Gasteiger partial charge on any atom is -0.192 e. The van der Waals surface area contributed by atoms with Crippen LogP contribution in [0, 0.1) is 11.3 Å². The average molecular weight is 261 g/mol. The Balaban J connectivity index is 2.12. The third-order valence-electron chi connectivity index (χ3n) is 3.02. The molecule has 0 N–H and O–H groups in total. The molecule has 0 spiro atoms. The first kappa shape index (κ1) is 11.7. The quantitative estimate of drug-likeness (QED) is 0.598. The number of nitrogens with zero attached hydrogens (tertiary/aromatic N) is 1. The average Bonchev–Trinajstić information content (AvgIpc) is 2.89. The molecule has 0 saturated heterocycles. The van der Waals surface area contributed by atoms with E-state index >= 15 is 0 Å². The SMILES string of the molecule is N#C/C(=C\c1csc2ccccc12)c1ccccc1. The van der Waals surface area contributed by atoms with Crippen molar-refractivity contribution >= 4 is 33.1 Å². The van der Waals surface area contributed by atoms with Crippen molar-refractivity contribution in [2.24, 2.45) is 0 Å². The summed E-state index contributed by atoms with van der Waals surface area (Å²) in [6.07, 6.45) is 1.97. The Morgan fingerprint density at radius 3 is 2.53 bits per heavy atom. The molecule has 0 fully saturated rings. The highest BCUT2D eigenvalue weighted by Gasteiger charge is 2.04. The van der Waals surface area contributed by atoms with Crippen LogP contribution in [0.4, 0.5) is 0 Å². The van der Waals surface area contributed by atoms with Crippen molar-refractivity contribution in [3.05, 3.63) is 71.1 Å². The van der Waals surface area contributed by atoms with Crippen LogP contribution in [0.2, 0.25) is 0 Å². The van der Waals surface area contributed by atoms with Gasteiger partial charge in [0.05, 0.1) is 11.6 Å². The topological polar surface area (TPSA) is 23.8 Å². The van der Waals surface area contributed by atoms with Crippen molar-refractivity contribution in [3.63, 3.8) is 0 Å². The number of rotatable bonds is 2. The van der Waals surface area contributed by atoms with E-state index in [4.69, 9.17) is 0 Å². The summed E-state index contributed by atoms with van der Waals surface area (Å²) in [6.45, 7) is 0. The Kier molecular flexibility index (Phi) is 3.14. The van der Waals surface area contributed by atoms with Gasteiger partial charge in [-0.05, 0) is 34.0 Å². The molecule has 1 nitrogen and oxygen atoms in total. The van der Waals surface area contributed by atoms with E-state index < -0.39 is 0 Å². The molecule has 0 amide bonds. The molecular formula is C17H11NS. The number of thiophene rings is 1. The summed E-state index contributed by atoms with van der Waals surface area (Å²) in [5.41, 5.74) is 2.77. The van der Waals surface area contributed by atoms with Crippen molar-refractivity contribution in [3.8, 4) is 6.07 Å². The van der Waals surface area contributed by atoms with Crippen LogP contribution in [-0.4, -0.2) is 0 Å². The highest BCUT2D eigenvalue weighted by Crippen LogP contribution is 2.29. The van der Waals surface area contributed by atoms with E-state index in [1.54, 1.807) is 11.3 Å². The van der Waals surface area contributed by atoms with E-state index in [0.29, 0.717) is 5.57 Å². The van der Waals surface area contributed by atoms with Crippen LogP contribution >= 0.6 is 11.3 Å². The molecule has 1 heterocycles. The second-order valence-corrected chi connectivity index (χ2v) is 5.13. The summed E-state index contributed by atoms with van der Waals surface area (Å²) in [5, 5.41) is 12.6. The van der Waals surface area contributed by atoms with Crippen LogP contribution < -0.4 is 0 Å². The highest BCUT2D eigenvalue weighted by molar-refractivity contribution is 7.17. The molecule has 0 radical (unpaired) electrons. The zero-order chi connectivity index (χ0) is 13.1. The third kappa shape index (κ3) is 2.29. The van der Waals surface area contributed by atoms with Gasteiger partial charge in [0.15, 0.2) is 0 Å². The summed E-state index contributed by atoms with van der Waals surface area (Å²) in [6, 6.07) is 20.3. The summed E-state index contributed by atoms with van der Waals surface area (Å²) in [5.74, 6) is 0. The predicted molar refractivity (Wildman–Crippen MR) is 81.8 cm³/mol. The van der Waals surface area contributed by atoms with Gasteiger partial charge in [0, 0.05) is 4.70 Å². The van der Waals surface area contributed by atoms with E-state index in [0.717, 1.165) is 11.1 Å². The van der Waals surface area contributed by atoms with Crippen LogP contribution in [0.5, 0.6) is 0 Å².